The smallest absolute Gasteiger partial charge is 0.270 e. The number of aliphatic hydroxyl groups is 1. The van der Waals surface area contributed by atoms with Gasteiger partial charge in [-0.2, -0.15) is 4.98 Å². The molecule has 0 radical (unpaired) electrons. The molecule has 2 aliphatic rings. The number of anilines is 3. The van der Waals surface area contributed by atoms with Crippen molar-refractivity contribution in [1.82, 2.24) is 25.3 Å². The van der Waals surface area contributed by atoms with Gasteiger partial charge in [-0.1, -0.05) is 13.8 Å². The molecule has 1 aliphatic heterocycles. The van der Waals surface area contributed by atoms with Crippen molar-refractivity contribution in [2.75, 3.05) is 30.4 Å². The molecule has 2 fully saturated rings. The van der Waals surface area contributed by atoms with E-state index in [9.17, 15) is 14.3 Å². The van der Waals surface area contributed by atoms with Crippen molar-refractivity contribution in [3.63, 3.8) is 0 Å². The Morgan fingerprint density at radius 2 is 2.00 bits per heavy atom. The largest absolute Gasteiger partial charge is 0.390 e. The number of rotatable bonds is 7. The van der Waals surface area contributed by atoms with Crippen LogP contribution in [0.2, 0.25) is 0 Å². The van der Waals surface area contributed by atoms with Crippen molar-refractivity contribution >= 4 is 34.3 Å². The monoisotopic (exact) mass is 523 g/mol. The highest BCUT2D eigenvalue weighted by Crippen LogP contribution is 2.31. The topological polar surface area (TPSA) is 125 Å². The number of piperidine rings is 1. The number of aliphatic hydroxyl groups excluding tert-OH is 1. The van der Waals surface area contributed by atoms with Crippen LogP contribution in [0.25, 0.3) is 10.8 Å². The van der Waals surface area contributed by atoms with Crippen LogP contribution in [0, 0.1) is 0 Å². The van der Waals surface area contributed by atoms with E-state index in [1.54, 1.807) is 36.7 Å². The maximum Gasteiger partial charge on any atom is 0.270 e. The lowest BCUT2D eigenvalue weighted by molar-refractivity contribution is -0.00860. The van der Waals surface area contributed by atoms with E-state index in [2.05, 4.69) is 44.4 Å². The Labute approximate surface area is 221 Å². The second-order valence-corrected chi connectivity index (χ2v) is 10.7. The summed E-state index contributed by atoms with van der Waals surface area (Å²) in [5, 5.41) is 17.8. The molecule has 3 aromatic rings. The Bertz CT molecular complexity index is 1330. The van der Waals surface area contributed by atoms with E-state index < -0.39 is 11.8 Å². The fourth-order valence-corrected chi connectivity index (χ4v) is 5.00. The molecule has 5 rings (SSSR count). The highest BCUT2D eigenvalue weighted by atomic mass is 19.1. The number of carbonyl (C=O) groups is 1. The van der Waals surface area contributed by atoms with E-state index in [1.807, 2.05) is 6.07 Å². The van der Waals surface area contributed by atoms with Gasteiger partial charge in [0.2, 0.25) is 5.95 Å². The van der Waals surface area contributed by atoms with E-state index in [4.69, 9.17) is 4.74 Å². The summed E-state index contributed by atoms with van der Waals surface area (Å²) in [4.78, 5) is 32.7. The molecule has 202 valence electrons. The summed E-state index contributed by atoms with van der Waals surface area (Å²) in [6.07, 6.45) is 6.09. The predicted octanol–water partition coefficient (Wildman–Crippen LogP) is 3.49. The van der Waals surface area contributed by atoms with Gasteiger partial charge in [0.15, 0.2) is 5.67 Å². The lowest BCUT2D eigenvalue weighted by atomic mass is 9.89. The zero-order chi connectivity index (χ0) is 27.0. The first-order valence-corrected chi connectivity index (χ1v) is 13.0. The van der Waals surface area contributed by atoms with Gasteiger partial charge in [0.05, 0.1) is 18.8 Å². The molecule has 0 aromatic carbocycles. The number of hydrogen-bond donors (Lipinski definition) is 3. The number of amides is 1. The molecule has 10 nitrogen and oxygen atoms in total. The van der Waals surface area contributed by atoms with E-state index in [1.165, 1.54) is 6.92 Å². The van der Waals surface area contributed by atoms with Gasteiger partial charge in [0.25, 0.3) is 5.91 Å². The van der Waals surface area contributed by atoms with Gasteiger partial charge in [-0.05, 0) is 55.2 Å². The Morgan fingerprint density at radius 1 is 1.21 bits per heavy atom. The molecule has 4 heterocycles. The van der Waals surface area contributed by atoms with Gasteiger partial charge in [-0.3, -0.25) is 9.78 Å². The second kappa shape index (κ2) is 10.4. The molecular formula is C27H34FN7O3. The van der Waals surface area contributed by atoms with Gasteiger partial charge in [0.1, 0.15) is 17.3 Å². The molecule has 0 unspecified atom stereocenters. The van der Waals surface area contributed by atoms with Crippen LogP contribution in [0.3, 0.4) is 0 Å². The van der Waals surface area contributed by atoms with Crippen LogP contribution in [-0.2, 0) is 4.74 Å². The van der Waals surface area contributed by atoms with Crippen LogP contribution in [0.15, 0.2) is 30.7 Å². The molecule has 0 spiro atoms. The summed E-state index contributed by atoms with van der Waals surface area (Å²) in [5.74, 6) is 1.39. The second-order valence-electron chi connectivity index (χ2n) is 10.7. The summed E-state index contributed by atoms with van der Waals surface area (Å²) in [6.45, 7) is 6.01. The van der Waals surface area contributed by atoms with Gasteiger partial charge in [0, 0.05) is 43.7 Å². The van der Waals surface area contributed by atoms with Crippen LogP contribution >= 0.6 is 0 Å². The SMILES string of the molecule is CO[C@H]1C[C@@H](NC(=O)c2ncc(C(C)C)c3cc(Nc4ccnc(N5CC[C@@H](O)[C@@](C)(F)C5)n4)ncc23)C1. The van der Waals surface area contributed by atoms with Crippen LogP contribution in [0.5, 0.6) is 0 Å². The highest BCUT2D eigenvalue weighted by Gasteiger charge is 2.39. The number of carbonyl (C=O) groups excluding carboxylic acids is 1. The number of fused-ring (bicyclic) bond motifs is 1. The van der Waals surface area contributed by atoms with E-state index in [0.717, 1.165) is 23.8 Å². The highest BCUT2D eigenvalue weighted by molar-refractivity contribution is 6.06. The first-order valence-electron chi connectivity index (χ1n) is 13.0. The molecule has 1 amide bonds. The van der Waals surface area contributed by atoms with Crippen molar-refractivity contribution in [2.45, 2.75) is 69.9 Å². The molecule has 38 heavy (non-hydrogen) atoms. The number of nitrogens with one attached hydrogen (secondary N) is 2. The van der Waals surface area contributed by atoms with Gasteiger partial charge in [-0.25, -0.2) is 14.4 Å². The normalized spacial score (nSPS) is 25.3. The number of methoxy groups -OCH3 is 1. The van der Waals surface area contributed by atoms with E-state index in [0.29, 0.717) is 41.6 Å². The lowest BCUT2D eigenvalue weighted by Crippen LogP contribution is -2.52. The van der Waals surface area contributed by atoms with Crippen LogP contribution in [0.1, 0.15) is 62.0 Å². The van der Waals surface area contributed by atoms with Crippen molar-refractivity contribution in [3.05, 3.63) is 42.0 Å². The first kappa shape index (κ1) is 26.2. The number of nitrogens with zero attached hydrogens (tertiary/aromatic N) is 5. The third kappa shape index (κ3) is 5.25. The van der Waals surface area contributed by atoms with E-state index in [-0.39, 0.29) is 30.5 Å². The first-order chi connectivity index (χ1) is 18.1. The third-order valence-electron chi connectivity index (χ3n) is 7.45. The van der Waals surface area contributed by atoms with Gasteiger partial charge < -0.3 is 25.4 Å². The number of halogens is 1. The summed E-state index contributed by atoms with van der Waals surface area (Å²) in [7, 11) is 1.68. The van der Waals surface area contributed by atoms with Gasteiger partial charge in [-0.15, -0.1) is 0 Å². The maximum atomic E-state index is 14.7. The minimum Gasteiger partial charge on any atom is -0.390 e. The quantitative estimate of drug-likeness (QED) is 0.427. The Balaban J connectivity index is 1.39. The Kier molecular flexibility index (Phi) is 7.15. The third-order valence-corrected chi connectivity index (χ3v) is 7.45. The summed E-state index contributed by atoms with van der Waals surface area (Å²) < 4.78 is 20.0. The fraction of sp³-hybridized carbons (Fsp3) is 0.519. The molecule has 3 aromatic heterocycles. The van der Waals surface area contributed by atoms with Crippen LogP contribution in [-0.4, -0.2) is 75.1 Å². The molecule has 2 atom stereocenters. The molecule has 1 saturated heterocycles. The number of ether oxygens (including phenoxy) is 1. The number of hydrogen-bond acceptors (Lipinski definition) is 9. The molecule has 1 saturated carbocycles. The van der Waals surface area contributed by atoms with Crippen molar-refractivity contribution in [3.8, 4) is 0 Å². The zero-order valence-electron chi connectivity index (χ0n) is 22.1. The lowest BCUT2D eigenvalue weighted by Gasteiger charge is -2.38. The maximum absolute atomic E-state index is 14.7. The summed E-state index contributed by atoms with van der Waals surface area (Å²) >= 11 is 0. The minimum atomic E-state index is -1.74. The average molecular weight is 524 g/mol. The zero-order valence-corrected chi connectivity index (χ0v) is 22.1. The molecule has 0 bridgehead atoms. The number of aromatic nitrogens is 4. The molecule has 11 heteroatoms. The molecule has 1 aliphatic carbocycles. The van der Waals surface area contributed by atoms with E-state index >= 15 is 0 Å². The molecule has 3 N–H and O–H groups in total. The fourth-order valence-electron chi connectivity index (χ4n) is 5.00. The average Bonchev–Trinajstić information content (AvgIpc) is 2.86. The molecular weight excluding hydrogens is 489 g/mol. The van der Waals surface area contributed by atoms with Crippen LogP contribution < -0.4 is 15.5 Å². The van der Waals surface area contributed by atoms with Crippen molar-refractivity contribution in [1.29, 1.82) is 0 Å². The number of alkyl halides is 1. The summed E-state index contributed by atoms with van der Waals surface area (Å²) in [5.41, 5.74) is -0.391. The standard InChI is InChI=1S/C27H34FN7O3/c1-15(2)19-12-31-24(25(37)32-16-9-17(10-16)38-4)20-13-30-23(11-18(19)20)33-22-5-7-29-26(34-22)35-8-6-21(36)27(3,28)14-35/h5,7,11-13,15-17,21,36H,6,8-10,14H2,1-4H3,(H,32,37)(H,29,30,33,34)/t16-,17+,21-,27+/m1/s1. The van der Waals surface area contributed by atoms with Crippen molar-refractivity contribution in [2.24, 2.45) is 0 Å². The Morgan fingerprint density at radius 3 is 2.71 bits per heavy atom. The Hall–Kier alpha value is -3.44. The number of pyridine rings is 2. The summed E-state index contributed by atoms with van der Waals surface area (Å²) in [6, 6.07) is 3.68. The predicted molar refractivity (Wildman–Crippen MR) is 143 cm³/mol. The van der Waals surface area contributed by atoms with Crippen LogP contribution in [0.4, 0.5) is 22.0 Å². The van der Waals surface area contributed by atoms with Gasteiger partial charge >= 0.3 is 0 Å². The minimum absolute atomic E-state index is 0.00835. The van der Waals surface area contributed by atoms with Crippen molar-refractivity contribution < 1.29 is 19.0 Å².